The molecule has 1 rings (SSSR count). The van der Waals surface area contributed by atoms with Gasteiger partial charge in [0, 0.05) is 5.75 Å². The van der Waals surface area contributed by atoms with E-state index in [0.29, 0.717) is 0 Å². The summed E-state index contributed by atoms with van der Waals surface area (Å²) in [6, 6.07) is 0. The van der Waals surface area contributed by atoms with E-state index in [1.165, 1.54) is 0 Å². The van der Waals surface area contributed by atoms with Crippen molar-refractivity contribution >= 4 is 11.8 Å². The summed E-state index contributed by atoms with van der Waals surface area (Å²) < 4.78 is 0. The fourth-order valence-corrected chi connectivity index (χ4v) is 3.27. The van der Waals surface area contributed by atoms with Crippen molar-refractivity contribution < 1.29 is 5.11 Å². The van der Waals surface area contributed by atoms with E-state index in [-0.39, 0.29) is 5.41 Å². The number of aliphatic hydroxyl groups is 1. The number of rotatable bonds is 2. The molecule has 1 saturated heterocycles. The molecule has 1 nitrogen and oxygen atoms in total. The van der Waals surface area contributed by atoms with Gasteiger partial charge in [0.25, 0.3) is 0 Å². The Hall–Kier alpha value is 0.0500. The summed E-state index contributed by atoms with van der Waals surface area (Å²) in [5.41, 5.74) is -0.213. The molecule has 12 heavy (non-hydrogen) atoms. The lowest BCUT2D eigenvalue weighted by Gasteiger charge is -2.40. The summed E-state index contributed by atoms with van der Waals surface area (Å²) in [5.74, 6) is 2.02. The first-order valence-electron chi connectivity index (χ1n) is 4.39. The van der Waals surface area contributed by atoms with Gasteiger partial charge in [-0.05, 0) is 24.0 Å². The third kappa shape index (κ3) is 2.53. The van der Waals surface area contributed by atoms with E-state index in [9.17, 15) is 5.11 Å². The highest BCUT2D eigenvalue weighted by molar-refractivity contribution is 7.99. The van der Waals surface area contributed by atoms with E-state index in [1.807, 2.05) is 17.8 Å². The zero-order valence-electron chi connectivity index (χ0n) is 7.97. The van der Waals surface area contributed by atoms with Crippen LogP contribution in [0.5, 0.6) is 0 Å². The fourth-order valence-electron chi connectivity index (χ4n) is 1.91. The molecule has 0 aromatic carbocycles. The summed E-state index contributed by atoms with van der Waals surface area (Å²) in [6.07, 6.45) is 3.45. The van der Waals surface area contributed by atoms with Crippen LogP contribution in [-0.2, 0) is 0 Å². The monoisotopic (exact) mass is 186 g/mol. The molecule has 1 aliphatic rings. The van der Waals surface area contributed by atoms with Crippen molar-refractivity contribution in [1.82, 2.24) is 0 Å². The Morgan fingerprint density at radius 3 is 2.67 bits per heavy atom. The van der Waals surface area contributed by atoms with E-state index in [0.717, 1.165) is 24.3 Å². The maximum atomic E-state index is 10.1. The van der Waals surface area contributed by atoms with Gasteiger partial charge < -0.3 is 5.11 Å². The van der Waals surface area contributed by atoms with Gasteiger partial charge in [0.1, 0.15) is 0 Å². The Labute approximate surface area is 79.2 Å². The molecule has 0 amide bonds. The minimum Gasteiger partial charge on any atom is -0.389 e. The molecule has 0 radical (unpaired) electrons. The molecule has 0 spiro atoms. The average Bonchev–Trinajstić information content (AvgIpc) is 1.83. The molecule has 0 aromatic rings. The van der Waals surface area contributed by atoms with Gasteiger partial charge >= 0.3 is 0 Å². The van der Waals surface area contributed by atoms with Crippen LogP contribution in [-0.4, -0.2) is 22.2 Å². The van der Waals surface area contributed by atoms with Crippen LogP contribution < -0.4 is 0 Å². The Morgan fingerprint density at radius 2 is 2.17 bits per heavy atom. The summed E-state index contributed by atoms with van der Waals surface area (Å²) in [6.45, 7) is 8.11. The lowest BCUT2D eigenvalue weighted by Crippen LogP contribution is -2.41. The lowest BCUT2D eigenvalue weighted by atomic mass is 9.80. The highest BCUT2D eigenvalue weighted by Gasteiger charge is 2.37. The van der Waals surface area contributed by atoms with Crippen molar-refractivity contribution in [2.75, 3.05) is 11.5 Å². The molecule has 1 aliphatic heterocycles. The molecule has 1 unspecified atom stereocenters. The van der Waals surface area contributed by atoms with Gasteiger partial charge in [0.2, 0.25) is 0 Å². The highest BCUT2D eigenvalue weighted by atomic mass is 32.2. The second kappa shape index (κ2) is 3.43. The predicted molar refractivity (Wildman–Crippen MR) is 55.5 cm³/mol. The quantitative estimate of drug-likeness (QED) is 0.668. The molecule has 1 atom stereocenters. The van der Waals surface area contributed by atoms with Crippen LogP contribution in [0.2, 0.25) is 0 Å². The van der Waals surface area contributed by atoms with Crippen molar-refractivity contribution in [3.8, 4) is 0 Å². The smallest absolute Gasteiger partial charge is 0.0777 e. The van der Waals surface area contributed by atoms with Crippen molar-refractivity contribution in [3.05, 3.63) is 12.7 Å². The minimum absolute atomic E-state index is 0.278. The van der Waals surface area contributed by atoms with E-state index in [2.05, 4.69) is 20.4 Å². The van der Waals surface area contributed by atoms with E-state index in [1.54, 1.807) is 0 Å². The van der Waals surface area contributed by atoms with Gasteiger partial charge in [0.15, 0.2) is 0 Å². The number of thioether (sulfide) groups is 1. The van der Waals surface area contributed by atoms with Crippen LogP contribution in [0.25, 0.3) is 0 Å². The van der Waals surface area contributed by atoms with Gasteiger partial charge in [-0.25, -0.2) is 0 Å². The molecular weight excluding hydrogens is 168 g/mol. The number of hydrogen-bond donors (Lipinski definition) is 1. The standard InChI is InChI=1S/C10H18OS/c1-4-5-10(11)6-9(2,3)7-12-8-10/h4,11H,1,5-8H2,2-3H3. The third-order valence-electron chi connectivity index (χ3n) is 2.20. The molecule has 1 fully saturated rings. The maximum Gasteiger partial charge on any atom is 0.0777 e. The van der Waals surface area contributed by atoms with Crippen molar-refractivity contribution in [3.63, 3.8) is 0 Å². The first-order valence-corrected chi connectivity index (χ1v) is 5.54. The van der Waals surface area contributed by atoms with E-state index >= 15 is 0 Å². The van der Waals surface area contributed by atoms with Gasteiger partial charge in [-0.1, -0.05) is 19.9 Å². The molecule has 0 saturated carbocycles. The summed E-state index contributed by atoms with van der Waals surface area (Å²) in [7, 11) is 0. The fraction of sp³-hybridized carbons (Fsp3) is 0.800. The normalized spacial score (nSPS) is 34.6. The van der Waals surface area contributed by atoms with Crippen molar-refractivity contribution in [2.24, 2.45) is 5.41 Å². The molecule has 2 heteroatoms. The topological polar surface area (TPSA) is 20.2 Å². The zero-order valence-corrected chi connectivity index (χ0v) is 8.78. The Bertz CT molecular complexity index is 177. The molecule has 0 aromatic heterocycles. The first kappa shape index (κ1) is 10.1. The average molecular weight is 186 g/mol. The van der Waals surface area contributed by atoms with Crippen LogP contribution in [0.3, 0.4) is 0 Å². The summed E-state index contributed by atoms with van der Waals surface area (Å²) in [5, 5.41) is 10.1. The summed E-state index contributed by atoms with van der Waals surface area (Å²) >= 11 is 1.85. The molecule has 0 aliphatic carbocycles. The third-order valence-corrected chi connectivity index (χ3v) is 3.92. The van der Waals surface area contributed by atoms with Gasteiger partial charge in [-0.3, -0.25) is 0 Å². The highest BCUT2D eigenvalue weighted by Crippen LogP contribution is 2.40. The second-order valence-electron chi connectivity index (χ2n) is 4.55. The van der Waals surface area contributed by atoms with Crippen LogP contribution in [0.4, 0.5) is 0 Å². The van der Waals surface area contributed by atoms with Crippen molar-refractivity contribution in [2.45, 2.75) is 32.3 Å². The van der Waals surface area contributed by atoms with Gasteiger partial charge in [-0.15, -0.1) is 6.58 Å². The maximum absolute atomic E-state index is 10.1. The Kier molecular flexibility index (Phi) is 2.89. The van der Waals surface area contributed by atoms with Gasteiger partial charge in [0.05, 0.1) is 5.60 Å². The van der Waals surface area contributed by atoms with E-state index in [4.69, 9.17) is 0 Å². The van der Waals surface area contributed by atoms with Crippen LogP contribution in [0.15, 0.2) is 12.7 Å². The molecule has 1 heterocycles. The second-order valence-corrected chi connectivity index (χ2v) is 5.54. The lowest BCUT2D eigenvalue weighted by molar-refractivity contribution is 0.0225. The molecule has 1 N–H and O–H groups in total. The van der Waals surface area contributed by atoms with E-state index < -0.39 is 5.60 Å². The van der Waals surface area contributed by atoms with Crippen LogP contribution in [0.1, 0.15) is 26.7 Å². The zero-order chi connectivity index (χ0) is 9.24. The largest absolute Gasteiger partial charge is 0.389 e. The van der Waals surface area contributed by atoms with Gasteiger partial charge in [-0.2, -0.15) is 11.8 Å². The predicted octanol–water partition coefficient (Wildman–Crippen LogP) is 2.46. The Balaban J connectivity index is 2.60. The molecule has 70 valence electrons. The SMILES string of the molecule is C=CCC1(O)CSCC(C)(C)C1. The summed E-state index contributed by atoms with van der Waals surface area (Å²) in [4.78, 5) is 0. The van der Waals surface area contributed by atoms with Crippen LogP contribution in [0, 0.1) is 5.41 Å². The first-order chi connectivity index (χ1) is 5.47. The van der Waals surface area contributed by atoms with Crippen molar-refractivity contribution in [1.29, 1.82) is 0 Å². The molecular formula is C10H18OS. The van der Waals surface area contributed by atoms with Crippen LogP contribution >= 0.6 is 11.8 Å². The Morgan fingerprint density at radius 1 is 1.50 bits per heavy atom. The molecule has 0 bridgehead atoms. The minimum atomic E-state index is -0.492. The number of hydrogen-bond acceptors (Lipinski definition) is 2.